The Balaban J connectivity index is 2.82. The lowest BCUT2D eigenvalue weighted by Gasteiger charge is -2.21. The van der Waals surface area contributed by atoms with E-state index in [1.807, 2.05) is 0 Å². The third-order valence-electron chi connectivity index (χ3n) is 2.69. The number of benzene rings is 1. The summed E-state index contributed by atoms with van der Waals surface area (Å²) in [5, 5.41) is 19.7. The summed E-state index contributed by atoms with van der Waals surface area (Å²) in [5.74, 6) is 0.825. The van der Waals surface area contributed by atoms with E-state index in [9.17, 15) is 10.2 Å². The molecule has 1 aromatic carbocycles. The largest absolute Gasteiger partial charge is 0.504 e. The second kappa shape index (κ2) is 5.89. The number of aromatic hydroxyl groups is 1. The molecule has 0 radical (unpaired) electrons. The standard InChI is InChI=1S/C13H21NO3/c1-8(2)6-10(14)13(16)9-4-5-12(17-3)11(15)7-9/h4-5,7-8,10,13,15-16H,6,14H2,1-3H3. The Labute approximate surface area is 102 Å². The molecule has 0 aliphatic rings. The molecule has 2 atom stereocenters. The van der Waals surface area contributed by atoms with Crippen molar-refractivity contribution in [3.05, 3.63) is 23.8 Å². The Kier molecular flexibility index (Phi) is 4.78. The first-order valence-corrected chi connectivity index (χ1v) is 5.76. The molecule has 0 saturated carbocycles. The zero-order chi connectivity index (χ0) is 13.0. The molecule has 0 saturated heterocycles. The molecule has 17 heavy (non-hydrogen) atoms. The van der Waals surface area contributed by atoms with Crippen molar-refractivity contribution in [3.63, 3.8) is 0 Å². The molecule has 1 rings (SSSR count). The van der Waals surface area contributed by atoms with Crippen LogP contribution in [-0.4, -0.2) is 23.4 Å². The molecule has 4 N–H and O–H groups in total. The fraction of sp³-hybridized carbons (Fsp3) is 0.538. The fourth-order valence-electron chi connectivity index (χ4n) is 1.81. The average molecular weight is 239 g/mol. The van der Waals surface area contributed by atoms with Gasteiger partial charge in [0.1, 0.15) is 0 Å². The van der Waals surface area contributed by atoms with Gasteiger partial charge >= 0.3 is 0 Å². The first-order chi connectivity index (χ1) is 7.95. The normalized spacial score (nSPS) is 14.7. The van der Waals surface area contributed by atoms with Crippen molar-refractivity contribution < 1.29 is 14.9 Å². The van der Waals surface area contributed by atoms with E-state index < -0.39 is 6.10 Å². The molecule has 0 bridgehead atoms. The van der Waals surface area contributed by atoms with Gasteiger partial charge in [-0.2, -0.15) is 0 Å². The van der Waals surface area contributed by atoms with Crippen LogP contribution in [-0.2, 0) is 0 Å². The van der Waals surface area contributed by atoms with Crippen molar-refractivity contribution in [2.24, 2.45) is 11.7 Å². The number of rotatable bonds is 5. The highest BCUT2D eigenvalue weighted by Gasteiger charge is 2.19. The Hall–Kier alpha value is -1.26. The van der Waals surface area contributed by atoms with Crippen LogP contribution in [0.3, 0.4) is 0 Å². The summed E-state index contributed by atoms with van der Waals surface area (Å²) >= 11 is 0. The Morgan fingerprint density at radius 1 is 1.35 bits per heavy atom. The number of nitrogens with two attached hydrogens (primary N) is 1. The summed E-state index contributed by atoms with van der Waals surface area (Å²) in [6.45, 7) is 4.11. The third-order valence-corrected chi connectivity index (χ3v) is 2.69. The first-order valence-electron chi connectivity index (χ1n) is 5.76. The zero-order valence-electron chi connectivity index (χ0n) is 10.6. The van der Waals surface area contributed by atoms with Crippen molar-refractivity contribution in [2.75, 3.05) is 7.11 Å². The van der Waals surface area contributed by atoms with Gasteiger partial charge in [-0.05, 0) is 30.0 Å². The van der Waals surface area contributed by atoms with E-state index in [4.69, 9.17) is 10.5 Å². The maximum Gasteiger partial charge on any atom is 0.160 e. The van der Waals surface area contributed by atoms with Crippen molar-refractivity contribution in [2.45, 2.75) is 32.4 Å². The number of methoxy groups -OCH3 is 1. The first kappa shape index (κ1) is 13.8. The minimum absolute atomic E-state index is 0.0146. The Morgan fingerprint density at radius 3 is 2.47 bits per heavy atom. The molecule has 0 spiro atoms. The van der Waals surface area contributed by atoms with Gasteiger partial charge in [-0.25, -0.2) is 0 Å². The summed E-state index contributed by atoms with van der Waals surface area (Å²) < 4.78 is 4.94. The van der Waals surface area contributed by atoms with Gasteiger partial charge in [0, 0.05) is 6.04 Å². The SMILES string of the molecule is COc1ccc(C(O)C(N)CC(C)C)cc1O. The molecule has 0 fully saturated rings. The summed E-state index contributed by atoms with van der Waals surface area (Å²) in [6, 6.07) is 4.49. The van der Waals surface area contributed by atoms with Crippen molar-refractivity contribution in [1.29, 1.82) is 0 Å². The van der Waals surface area contributed by atoms with Crippen LogP contribution in [0.2, 0.25) is 0 Å². The second-order valence-electron chi connectivity index (χ2n) is 4.67. The molecule has 0 amide bonds. The van der Waals surface area contributed by atoms with E-state index in [1.54, 1.807) is 12.1 Å². The van der Waals surface area contributed by atoms with Crippen molar-refractivity contribution in [3.8, 4) is 11.5 Å². The molecule has 0 aliphatic heterocycles. The molecular formula is C13H21NO3. The average Bonchev–Trinajstić information content (AvgIpc) is 2.27. The minimum atomic E-state index is -0.769. The highest BCUT2D eigenvalue weighted by atomic mass is 16.5. The predicted octanol–water partition coefficient (Wildman–Crippen LogP) is 1.81. The molecule has 4 nitrogen and oxygen atoms in total. The van der Waals surface area contributed by atoms with Crippen LogP contribution in [0.15, 0.2) is 18.2 Å². The molecule has 4 heteroatoms. The zero-order valence-corrected chi connectivity index (χ0v) is 10.6. The van der Waals surface area contributed by atoms with E-state index in [-0.39, 0.29) is 11.8 Å². The van der Waals surface area contributed by atoms with Gasteiger partial charge in [-0.15, -0.1) is 0 Å². The van der Waals surface area contributed by atoms with Gasteiger partial charge in [0.2, 0.25) is 0 Å². The molecule has 1 aromatic rings. The van der Waals surface area contributed by atoms with Crippen molar-refractivity contribution in [1.82, 2.24) is 0 Å². The van der Waals surface area contributed by atoms with Crippen LogP contribution >= 0.6 is 0 Å². The Bertz CT molecular complexity index is 366. The molecular weight excluding hydrogens is 218 g/mol. The third kappa shape index (κ3) is 3.61. The van der Waals surface area contributed by atoms with E-state index >= 15 is 0 Å². The topological polar surface area (TPSA) is 75.7 Å². The highest BCUT2D eigenvalue weighted by Crippen LogP contribution is 2.30. The molecule has 0 heterocycles. The summed E-state index contributed by atoms with van der Waals surface area (Å²) in [4.78, 5) is 0. The van der Waals surface area contributed by atoms with Crippen LogP contribution in [0, 0.1) is 5.92 Å². The molecule has 0 aromatic heterocycles. The number of ether oxygens (including phenoxy) is 1. The highest BCUT2D eigenvalue weighted by molar-refractivity contribution is 5.42. The lowest BCUT2D eigenvalue weighted by atomic mass is 9.95. The number of phenols is 1. The van der Waals surface area contributed by atoms with Crippen LogP contribution < -0.4 is 10.5 Å². The van der Waals surface area contributed by atoms with Gasteiger partial charge in [-0.3, -0.25) is 0 Å². The van der Waals surface area contributed by atoms with Gasteiger partial charge < -0.3 is 20.7 Å². The summed E-state index contributed by atoms with van der Waals surface area (Å²) in [7, 11) is 1.48. The number of hydrogen-bond acceptors (Lipinski definition) is 4. The van der Waals surface area contributed by atoms with Crippen LogP contribution in [0.4, 0.5) is 0 Å². The number of phenolic OH excluding ortho intramolecular Hbond substituents is 1. The molecule has 2 unspecified atom stereocenters. The number of aliphatic hydroxyl groups excluding tert-OH is 1. The lowest BCUT2D eigenvalue weighted by Crippen LogP contribution is -2.29. The van der Waals surface area contributed by atoms with Gasteiger partial charge in [0.15, 0.2) is 11.5 Å². The lowest BCUT2D eigenvalue weighted by molar-refractivity contribution is 0.135. The maximum absolute atomic E-state index is 10.0. The predicted molar refractivity (Wildman–Crippen MR) is 67.0 cm³/mol. The van der Waals surface area contributed by atoms with E-state index in [2.05, 4.69) is 13.8 Å². The summed E-state index contributed by atoms with van der Waals surface area (Å²) in [5.41, 5.74) is 6.52. The maximum atomic E-state index is 10.0. The van der Waals surface area contributed by atoms with Crippen LogP contribution in [0.5, 0.6) is 11.5 Å². The van der Waals surface area contributed by atoms with E-state index in [0.29, 0.717) is 17.2 Å². The number of hydrogen-bond donors (Lipinski definition) is 3. The quantitative estimate of drug-likeness (QED) is 0.732. The fourth-order valence-corrected chi connectivity index (χ4v) is 1.81. The minimum Gasteiger partial charge on any atom is -0.504 e. The van der Waals surface area contributed by atoms with Gasteiger partial charge in [-0.1, -0.05) is 19.9 Å². The number of aliphatic hydroxyl groups is 1. The van der Waals surface area contributed by atoms with E-state index in [1.165, 1.54) is 13.2 Å². The Morgan fingerprint density at radius 2 is 2.00 bits per heavy atom. The smallest absolute Gasteiger partial charge is 0.160 e. The van der Waals surface area contributed by atoms with Gasteiger partial charge in [0.05, 0.1) is 13.2 Å². The summed E-state index contributed by atoms with van der Waals surface area (Å²) in [6.07, 6.45) is -0.0391. The van der Waals surface area contributed by atoms with Crippen LogP contribution in [0.1, 0.15) is 31.9 Å². The van der Waals surface area contributed by atoms with Gasteiger partial charge in [0.25, 0.3) is 0 Å². The van der Waals surface area contributed by atoms with E-state index in [0.717, 1.165) is 6.42 Å². The molecule has 96 valence electrons. The van der Waals surface area contributed by atoms with Crippen molar-refractivity contribution >= 4 is 0 Å². The van der Waals surface area contributed by atoms with Crippen LogP contribution in [0.25, 0.3) is 0 Å². The monoisotopic (exact) mass is 239 g/mol. The molecule has 0 aliphatic carbocycles. The second-order valence-corrected chi connectivity index (χ2v) is 4.67.